The van der Waals surface area contributed by atoms with Crippen molar-refractivity contribution in [3.05, 3.63) is 24.0 Å². The number of ether oxygens (including phenoxy) is 1. The summed E-state index contributed by atoms with van der Waals surface area (Å²) in [5.74, 6) is 0.435. The van der Waals surface area contributed by atoms with Gasteiger partial charge >= 0.3 is 5.97 Å². The third-order valence-electron chi connectivity index (χ3n) is 3.48. The first-order valence-electron chi connectivity index (χ1n) is 6.58. The molecule has 0 atom stereocenters. The summed E-state index contributed by atoms with van der Waals surface area (Å²) in [4.78, 5) is 14.4. The Bertz CT molecular complexity index is 383. The zero-order valence-electron chi connectivity index (χ0n) is 10.5. The molecule has 0 aliphatic heterocycles. The average molecular weight is 249 g/mol. The molecular weight excluding hydrogens is 230 g/mol. The Hall–Kier alpha value is -1.58. The molecule has 0 spiro atoms. The van der Waals surface area contributed by atoms with Crippen LogP contribution >= 0.6 is 0 Å². The number of nitrogens with zero attached hydrogens (tertiary/aromatic N) is 1. The van der Waals surface area contributed by atoms with Gasteiger partial charge in [-0.2, -0.15) is 0 Å². The summed E-state index contributed by atoms with van der Waals surface area (Å²) in [6.07, 6.45) is 9.26. The molecule has 0 bridgehead atoms. The number of carboxylic acid groups (broad SMARTS) is 1. The average Bonchev–Trinajstić information content (AvgIpc) is 2.40. The van der Waals surface area contributed by atoms with Gasteiger partial charge in [-0.05, 0) is 24.5 Å². The highest BCUT2D eigenvalue weighted by molar-refractivity contribution is 5.85. The highest BCUT2D eigenvalue weighted by atomic mass is 16.5. The predicted molar refractivity (Wildman–Crippen MR) is 67.9 cm³/mol. The van der Waals surface area contributed by atoms with E-state index >= 15 is 0 Å². The maximum absolute atomic E-state index is 10.6. The number of pyridine rings is 1. The minimum absolute atomic E-state index is 0.0506. The van der Waals surface area contributed by atoms with E-state index in [-0.39, 0.29) is 5.69 Å². The van der Waals surface area contributed by atoms with Gasteiger partial charge in [0, 0.05) is 0 Å². The molecule has 1 aliphatic rings. The molecule has 18 heavy (non-hydrogen) atoms. The number of aromatic nitrogens is 1. The van der Waals surface area contributed by atoms with Crippen LogP contribution in [0.25, 0.3) is 0 Å². The molecule has 0 saturated heterocycles. The Morgan fingerprint density at radius 2 is 2.11 bits per heavy atom. The van der Waals surface area contributed by atoms with Crippen LogP contribution in [0, 0.1) is 5.92 Å². The summed E-state index contributed by atoms with van der Waals surface area (Å²) >= 11 is 0. The maximum atomic E-state index is 10.6. The molecule has 1 aromatic heterocycles. The lowest BCUT2D eigenvalue weighted by Gasteiger charge is -2.21. The third kappa shape index (κ3) is 3.72. The van der Waals surface area contributed by atoms with E-state index in [1.54, 1.807) is 6.07 Å². The Kier molecular flexibility index (Phi) is 4.56. The van der Waals surface area contributed by atoms with Crippen molar-refractivity contribution in [2.24, 2.45) is 5.92 Å². The van der Waals surface area contributed by atoms with Crippen LogP contribution in [0.5, 0.6) is 5.75 Å². The first-order chi connectivity index (χ1) is 8.75. The largest absolute Gasteiger partial charge is 0.492 e. The third-order valence-corrected chi connectivity index (χ3v) is 3.48. The number of rotatable bonds is 5. The van der Waals surface area contributed by atoms with Crippen molar-refractivity contribution in [3.8, 4) is 5.75 Å². The summed E-state index contributed by atoms with van der Waals surface area (Å²) in [6.45, 7) is 0.693. The zero-order valence-corrected chi connectivity index (χ0v) is 10.5. The Morgan fingerprint density at radius 3 is 2.72 bits per heavy atom. The second-order valence-corrected chi connectivity index (χ2v) is 4.83. The summed E-state index contributed by atoms with van der Waals surface area (Å²) in [6, 6.07) is 3.13. The lowest BCUT2D eigenvalue weighted by atomic mass is 9.87. The molecule has 98 valence electrons. The number of hydrogen-bond acceptors (Lipinski definition) is 3. The molecule has 1 heterocycles. The molecule has 1 N–H and O–H groups in total. The Balaban J connectivity index is 1.74. The van der Waals surface area contributed by atoms with Crippen molar-refractivity contribution in [1.29, 1.82) is 0 Å². The van der Waals surface area contributed by atoms with Gasteiger partial charge in [0.15, 0.2) is 0 Å². The molecule has 4 heteroatoms. The van der Waals surface area contributed by atoms with Crippen LogP contribution < -0.4 is 4.74 Å². The summed E-state index contributed by atoms with van der Waals surface area (Å²) in [5, 5.41) is 8.72. The summed E-state index contributed by atoms with van der Waals surface area (Å²) in [7, 11) is 0. The van der Waals surface area contributed by atoms with E-state index in [0.29, 0.717) is 12.4 Å². The molecule has 2 rings (SSSR count). The van der Waals surface area contributed by atoms with Crippen LogP contribution in [-0.2, 0) is 0 Å². The highest BCUT2D eigenvalue weighted by Crippen LogP contribution is 2.26. The fourth-order valence-electron chi connectivity index (χ4n) is 2.41. The van der Waals surface area contributed by atoms with Crippen molar-refractivity contribution in [3.63, 3.8) is 0 Å². The lowest BCUT2D eigenvalue weighted by molar-refractivity contribution is 0.0690. The monoisotopic (exact) mass is 249 g/mol. The first kappa shape index (κ1) is 12.9. The first-order valence-corrected chi connectivity index (χ1v) is 6.58. The van der Waals surface area contributed by atoms with Crippen molar-refractivity contribution in [1.82, 2.24) is 4.98 Å². The fourth-order valence-corrected chi connectivity index (χ4v) is 2.41. The van der Waals surface area contributed by atoms with E-state index in [2.05, 4.69) is 4.98 Å². The van der Waals surface area contributed by atoms with Crippen LogP contribution in [0.1, 0.15) is 49.0 Å². The van der Waals surface area contributed by atoms with Gasteiger partial charge in [0.2, 0.25) is 0 Å². The minimum atomic E-state index is -1.01. The van der Waals surface area contributed by atoms with Crippen LogP contribution in [0.4, 0.5) is 0 Å². The van der Waals surface area contributed by atoms with E-state index in [1.165, 1.54) is 44.4 Å². The molecule has 4 nitrogen and oxygen atoms in total. The number of hydrogen-bond donors (Lipinski definition) is 1. The Morgan fingerprint density at radius 1 is 1.33 bits per heavy atom. The van der Waals surface area contributed by atoms with Gasteiger partial charge < -0.3 is 9.84 Å². The molecule has 1 fully saturated rings. The molecule has 1 aromatic rings. The number of carboxylic acids is 1. The van der Waals surface area contributed by atoms with Gasteiger partial charge in [-0.15, -0.1) is 0 Å². The van der Waals surface area contributed by atoms with Crippen molar-refractivity contribution in [2.75, 3.05) is 6.61 Å². The van der Waals surface area contributed by atoms with E-state index in [4.69, 9.17) is 9.84 Å². The second-order valence-electron chi connectivity index (χ2n) is 4.83. The van der Waals surface area contributed by atoms with Crippen molar-refractivity contribution < 1.29 is 14.6 Å². The van der Waals surface area contributed by atoms with Crippen LogP contribution in [0.15, 0.2) is 18.3 Å². The SMILES string of the molecule is O=C(O)c1ccc(OCCC2CCCCC2)cn1. The molecule has 1 saturated carbocycles. The van der Waals surface area contributed by atoms with E-state index in [0.717, 1.165) is 12.3 Å². The van der Waals surface area contributed by atoms with Gasteiger partial charge in [0.25, 0.3) is 0 Å². The molecular formula is C14H19NO3. The summed E-state index contributed by atoms with van der Waals surface area (Å²) < 4.78 is 5.59. The molecule has 0 radical (unpaired) electrons. The van der Waals surface area contributed by atoms with Gasteiger partial charge in [-0.25, -0.2) is 9.78 Å². The highest BCUT2D eigenvalue weighted by Gasteiger charge is 2.13. The number of aromatic carboxylic acids is 1. The van der Waals surface area contributed by atoms with Crippen LogP contribution in [0.2, 0.25) is 0 Å². The smallest absolute Gasteiger partial charge is 0.354 e. The predicted octanol–water partition coefficient (Wildman–Crippen LogP) is 3.13. The standard InChI is InChI=1S/C14H19NO3/c16-14(17)13-7-6-12(10-15-13)18-9-8-11-4-2-1-3-5-11/h6-7,10-11H,1-5,8-9H2,(H,16,17). The van der Waals surface area contributed by atoms with E-state index in [9.17, 15) is 4.79 Å². The maximum Gasteiger partial charge on any atom is 0.354 e. The van der Waals surface area contributed by atoms with Gasteiger partial charge in [-0.3, -0.25) is 0 Å². The van der Waals surface area contributed by atoms with Crippen molar-refractivity contribution in [2.45, 2.75) is 38.5 Å². The van der Waals surface area contributed by atoms with E-state index in [1.807, 2.05) is 0 Å². The summed E-state index contributed by atoms with van der Waals surface area (Å²) in [5.41, 5.74) is 0.0506. The number of carbonyl (C=O) groups is 1. The molecule has 0 amide bonds. The van der Waals surface area contributed by atoms with Crippen LogP contribution in [0.3, 0.4) is 0 Å². The Labute approximate surface area is 107 Å². The normalized spacial score (nSPS) is 16.4. The van der Waals surface area contributed by atoms with Gasteiger partial charge in [-0.1, -0.05) is 32.1 Å². The topological polar surface area (TPSA) is 59.4 Å². The quantitative estimate of drug-likeness (QED) is 0.871. The molecule has 0 aromatic carbocycles. The zero-order chi connectivity index (χ0) is 12.8. The molecule has 1 aliphatic carbocycles. The van der Waals surface area contributed by atoms with Crippen LogP contribution in [-0.4, -0.2) is 22.7 Å². The van der Waals surface area contributed by atoms with Crippen molar-refractivity contribution >= 4 is 5.97 Å². The van der Waals surface area contributed by atoms with Gasteiger partial charge in [0.1, 0.15) is 11.4 Å². The fraction of sp³-hybridized carbons (Fsp3) is 0.571. The second kappa shape index (κ2) is 6.38. The van der Waals surface area contributed by atoms with E-state index < -0.39 is 5.97 Å². The molecule has 0 unspecified atom stereocenters. The van der Waals surface area contributed by atoms with Gasteiger partial charge in [0.05, 0.1) is 12.8 Å². The lowest BCUT2D eigenvalue weighted by Crippen LogP contribution is -2.11. The minimum Gasteiger partial charge on any atom is -0.492 e.